The number of amides is 1. The van der Waals surface area contributed by atoms with Crippen molar-refractivity contribution in [2.75, 3.05) is 31.7 Å². The Kier molecular flexibility index (Phi) is 5.38. The molecular formula is C28H27BrN2O3. The molecule has 3 aliphatic rings. The van der Waals surface area contributed by atoms with Gasteiger partial charge in [0.25, 0.3) is 0 Å². The van der Waals surface area contributed by atoms with Crippen LogP contribution in [0.4, 0.5) is 10.5 Å². The number of aliphatic hydroxyl groups excluding tert-OH is 1. The Morgan fingerprint density at radius 3 is 2.38 bits per heavy atom. The van der Waals surface area contributed by atoms with Crippen LogP contribution in [0.5, 0.6) is 0 Å². The van der Waals surface area contributed by atoms with Crippen LogP contribution >= 0.6 is 15.9 Å². The number of rotatable bonds is 3. The average molecular weight is 519 g/mol. The Hall–Kier alpha value is -2.83. The van der Waals surface area contributed by atoms with Crippen molar-refractivity contribution in [3.63, 3.8) is 0 Å². The zero-order valence-electron chi connectivity index (χ0n) is 19.0. The van der Waals surface area contributed by atoms with Gasteiger partial charge in [0.2, 0.25) is 0 Å². The van der Waals surface area contributed by atoms with Gasteiger partial charge < -0.3 is 19.6 Å². The van der Waals surface area contributed by atoms with Crippen molar-refractivity contribution in [2.24, 2.45) is 5.92 Å². The van der Waals surface area contributed by atoms with Crippen molar-refractivity contribution < 1.29 is 14.6 Å². The van der Waals surface area contributed by atoms with Crippen LogP contribution in [0.1, 0.15) is 35.1 Å². The second kappa shape index (κ2) is 8.43. The van der Waals surface area contributed by atoms with Gasteiger partial charge in [-0.1, -0.05) is 64.5 Å². The Bertz CT molecular complexity index is 1220. The number of anilines is 1. The van der Waals surface area contributed by atoms with Gasteiger partial charge >= 0.3 is 6.09 Å². The minimum Gasteiger partial charge on any atom is -0.448 e. The highest BCUT2D eigenvalue weighted by molar-refractivity contribution is 9.10. The lowest BCUT2D eigenvalue weighted by Crippen LogP contribution is -2.48. The zero-order chi connectivity index (χ0) is 23.4. The molecule has 1 aliphatic carbocycles. The lowest BCUT2D eigenvalue weighted by Gasteiger charge is -2.44. The van der Waals surface area contributed by atoms with E-state index in [2.05, 4.69) is 69.4 Å². The standard InChI is InChI=1S/C28H27BrN2O3/c1-30-25-11-10-17(29)14-23(25)27-22(26(30)15-32)12-13-31(27)28(33)34-16-24-20-8-4-2-6-18(20)19-7-3-5-9-21(19)24/h2-11,14,22,24,26-27,32H,12-13,15-16H2,1H3/t22-,26-,27-/m0/s1. The number of ether oxygens (including phenoxy) is 1. The first-order valence-corrected chi connectivity index (χ1v) is 12.6. The van der Waals surface area contributed by atoms with Crippen LogP contribution in [0.3, 0.4) is 0 Å². The summed E-state index contributed by atoms with van der Waals surface area (Å²) >= 11 is 3.60. The molecule has 0 radical (unpaired) electrons. The first-order chi connectivity index (χ1) is 16.6. The van der Waals surface area contributed by atoms with E-state index in [1.807, 2.05) is 30.1 Å². The molecule has 2 heterocycles. The van der Waals surface area contributed by atoms with Crippen molar-refractivity contribution in [3.05, 3.63) is 87.9 Å². The molecule has 5 nitrogen and oxygen atoms in total. The smallest absolute Gasteiger partial charge is 0.410 e. The largest absolute Gasteiger partial charge is 0.448 e. The first-order valence-electron chi connectivity index (χ1n) is 11.8. The van der Waals surface area contributed by atoms with Gasteiger partial charge in [-0.3, -0.25) is 0 Å². The molecule has 1 N–H and O–H groups in total. The van der Waals surface area contributed by atoms with Gasteiger partial charge in [0.05, 0.1) is 18.7 Å². The summed E-state index contributed by atoms with van der Waals surface area (Å²) in [6, 6.07) is 22.8. The number of likely N-dealkylation sites (N-methyl/N-ethyl adjacent to an activating group) is 1. The lowest BCUT2D eigenvalue weighted by atomic mass is 9.82. The fourth-order valence-electron chi connectivity index (χ4n) is 6.31. The van der Waals surface area contributed by atoms with E-state index in [0.29, 0.717) is 13.2 Å². The second-order valence-electron chi connectivity index (χ2n) is 9.46. The predicted octanol–water partition coefficient (Wildman–Crippen LogP) is 5.57. The van der Waals surface area contributed by atoms with Crippen molar-refractivity contribution >= 4 is 27.7 Å². The number of aliphatic hydroxyl groups is 1. The molecule has 0 spiro atoms. The number of benzene rings is 3. The number of hydrogen-bond donors (Lipinski definition) is 1. The zero-order valence-corrected chi connectivity index (χ0v) is 20.6. The van der Waals surface area contributed by atoms with E-state index in [9.17, 15) is 9.90 Å². The minimum atomic E-state index is -0.276. The molecule has 6 rings (SSSR count). The number of hydrogen-bond acceptors (Lipinski definition) is 4. The Morgan fingerprint density at radius 1 is 1.03 bits per heavy atom. The van der Waals surface area contributed by atoms with Gasteiger partial charge in [-0.05, 0) is 52.4 Å². The molecule has 34 heavy (non-hydrogen) atoms. The third kappa shape index (κ3) is 3.27. The summed E-state index contributed by atoms with van der Waals surface area (Å²) in [5.74, 6) is 0.205. The molecule has 1 fully saturated rings. The van der Waals surface area contributed by atoms with Crippen molar-refractivity contribution in [3.8, 4) is 11.1 Å². The summed E-state index contributed by atoms with van der Waals surface area (Å²) < 4.78 is 7.00. The van der Waals surface area contributed by atoms with Crippen LogP contribution in [0.2, 0.25) is 0 Å². The molecule has 0 unspecified atom stereocenters. The molecule has 0 aromatic heterocycles. The molecule has 1 amide bonds. The molecular weight excluding hydrogens is 492 g/mol. The number of carbonyl (C=O) groups excluding carboxylic acids is 1. The summed E-state index contributed by atoms with van der Waals surface area (Å²) in [4.78, 5) is 17.5. The highest BCUT2D eigenvalue weighted by atomic mass is 79.9. The topological polar surface area (TPSA) is 53.0 Å². The summed E-state index contributed by atoms with van der Waals surface area (Å²) in [5, 5.41) is 10.2. The summed E-state index contributed by atoms with van der Waals surface area (Å²) in [5.41, 5.74) is 7.04. The van der Waals surface area contributed by atoms with Crippen LogP contribution < -0.4 is 4.90 Å². The fourth-order valence-corrected chi connectivity index (χ4v) is 6.69. The van der Waals surface area contributed by atoms with Crippen molar-refractivity contribution in [2.45, 2.75) is 24.4 Å². The Morgan fingerprint density at radius 2 is 1.71 bits per heavy atom. The van der Waals surface area contributed by atoms with Gasteiger partial charge in [0, 0.05) is 35.6 Å². The van der Waals surface area contributed by atoms with E-state index in [0.717, 1.165) is 22.1 Å². The van der Waals surface area contributed by atoms with E-state index in [4.69, 9.17) is 4.74 Å². The molecule has 0 saturated carbocycles. The van der Waals surface area contributed by atoms with Gasteiger partial charge in [-0.15, -0.1) is 0 Å². The van der Waals surface area contributed by atoms with E-state index in [1.54, 1.807) is 0 Å². The maximum atomic E-state index is 13.5. The van der Waals surface area contributed by atoms with E-state index >= 15 is 0 Å². The number of carbonyl (C=O) groups is 1. The Balaban J connectivity index is 1.27. The van der Waals surface area contributed by atoms with Gasteiger partial charge in [0.15, 0.2) is 0 Å². The van der Waals surface area contributed by atoms with E-state index < -0.39 is 0 Å². The third-order valence-corrected chi connectivity index (χ3v) is 8.38. The van der Waals surface area contributed by atoms with Gasteiger partial charge in [0.1, 0.15) is 6.61 Å². The van der Waals surface area contributed by atoms with Crippen molar-refractivity contribution in [1.29, 1.82) is 0 Å². The summed E-state index contributed by atoms with van der Waals surface area (Å²) in [7, 11) is 2.03. The van der Waals surface area contributed by atoms with Crippen LogP contribution in [-0.4, -0.2) is 48.9 Å². The summed E-state index contributed by atoms with van der Waals surface area (Å²) in [6.45, 7) is 1.00. The quantitative estimate of drug-likeness (QED) is 0.492. The molecule has 0 bridgehead atoms. The molecule has 174 valence electrons. The molecule has 1 saturated heterocycles. The monoisotopic (exact) mass is 518 g/mol. The normalized spacial score (nSPS) is 22.7. The van der Waals surface area contributed by atoms with Crippen LogP contribution in [0.15, 0.2) is 71.2 Å². The lowest BCUT2D eigenvalue weighted by molar-refractivity contribution is 0.0861. The number of nitrogens with zero attached hydrogens (tertiary/aromatic N) is 2. The SMILES string of the molecule is CN1c2ccc(Br)cc2[C@@H]2[C@@H](CCN2C(=O)OCC2c3ccccc3-c3ccccc32)[C@@H]1CO. The summed E-state index contributed by atoms with van der Waals surface area (Å²) in [6.07, 6.45) is 0.567. The van der Waals surface area contributed by atoms with E-state index in [1.165, 1.54) is 22.3 Å². The number of likely N-dealkylation sites (tertiary alicyclic amines) is 1. The fraction of sp³-hybridized carbons (Fsp3) is 0.321. The highest BCUT2D eigenvalue weighted by Crippen LogP contribution is 2.50. The molecule has 3 atom stereocenters. The van der Waals surface area contributed by atoms with Crippen molar-refractivity contribution in [1.82, 2.24) is 4.90 Å². The molecule has 6 heteroatoms. The molecule has 3 aromatic carbocycles. The molecule has 2 aliphatic heterocycles. The molecule has 3 aromatic rings. The van der Waals surface area contributed by atoms with Crippen LogP contribution in [0.25, 0.3) is 11.1 Å². The Labute approximate surface area is 208 Å². The third-order valence-electron chi connectivity index (χ3n) is 7.88. The maximum absolute atomic E-state index is 13.5. The second-order valence-corrected chi connectivity index (χ2v) is 10.4. The highest BCUT2D eigenvalue weighted by Gasteiger charge is 2.48. The van der Waals surface area contributed by atoms with Crippen LogP contribution in [0, 0.1) is 5.92 Å². The van der Waals surface area contributed by atoms with Gasteiger partial charge in [-0.2, -0.15) is 0 Å². The van der Waals surface area contributed by atoms with Crippen LogP contribution in [-0.2, 0) is 4.74 Å². The van der Waals surface area contributed by atoms with E-state index in [-0.39, 0.29) is 36.6 Å². The minimum absolute atomic E-state index is 0.0231. The first kappa shape index (κ1) is 21.7. The van der Waals surface area contributed by atoms with Gasteiger partial charge in [-0.25, -0.2) is 4.79 Å². The number of fused-ring (bicyclic) bond motifs is 6. The predicted molar refractivity (Wildman–Crippen MR) is 136 cm³/mol. The maximum Gasteiger partial charge on any atom is 0.410 e. The number of halogens is 1. The average Bonchev–Trinajstić information content (AvgIpc) is 3.43.